The molecule has 0 spiro atoms. The van der Waals surface area contributed by atoms with Gasteiger partial charge in [-0.2, -0.15) is 5.10 Å². The summed E-state index contributed by atoms with van der Waals surface area (Å²) in [5, 5.41) is 8.68. The van der Waals surface area contributed by atoms with Crippen LogP contribution >= 0.6 is 0 Å². The number of nitrogens with zero attached hydrogens (tertiary/aromatic N) is 3. The summed E-state index contributed by atoms with van der Waals surface area (Å²) in [5.41, 5.74) is 8.31. The summed E-state index contributed by atoms with van der Waals surface area (Å²) in [6.45, 7) is 6.82. The topological polar surface area (TPSA) is 60.6 Å². The second-order valence-electron chi connectivity index (χ2n) is 9.04. The number of H-pyrrole nitrogens is 2. The number of hydrogen-bond acceptors (Lipinski definition) is 3. The number of para-hydroxylation sites is 1. The molecule has 0 amide bonds. The summed E-state index contributed by atoms with van der Waals surface area (Å²) < 4.78 is 13.9. The van der Waals surface area contributed by atoms with Crippen molar-refractivity contribution in [2.24, 2.45) is 0 Å². The number of likely N-dealkylation sites (N-methyl/N-ethyl adjacent to an activating group) is 1. The first-order valence-electron chi connectivity index (χ1n) is 11.8. The van der Waals surface area contributed by atoms with Crippen LogP contribution in [0.4, 0.5) is 4.39 Å². The molecule has 0 aliphatic rings. The first-order chi connectivity index (χ1) is 17.5. The minimum absolute atomic E-state index is 0.273. The van der Waals surface area contributed by atoms with E-state index in [1.54, 1.807) is 6.07 Å². The Hall–Kier alpha value is -4.29. The molecule has 0 atom stereocenters. The predicted molar refractivity (Wildman–Crippen MR) is 147 cm³/mol. The van der Waals surface area contributed by atoms with Gasteiger partial charge in [-0.05, 0) is 73.6 Å². The number of aromatic nitrogens is 4. The average Bonchev–Trinajstić information content (AvgIpc) is 3.49. The van der Waals surface area contributed by atoms with Crippen LogP contribution in [0.25, 0.3) is 50.2 Å². The van der Waals surface area contributed by atoms with Crippen molar-refractivity contribution in [2.75, 3.05) is 20.6 Å². The number of halogens is 1. The lowest BCUT2D eigenvalue weighted by molar-refractivity contribution is 0.449. The van der Waals surface area contributed by atoms with E-state index in [1.807, 2.05) is 57.4 Å². The van der Waals surface area contributed by atoms with Crippen LogP contribution in [0.2, 0.25) is 0 Å². The molecule has 2 aromatic heterocycles. The van der Waals surface area contributed by atoms with Gasteiger partial charge in [0.1, 0.15) is 11.5 Å². The molecule has 5 nitrogen and oxygen atoms in total. The van der Waals surface area contributed by atoms with Crippen molar-refractivity contribution in [1.29, 1.82) is 0 Å². The average molecular weight is 478 g/mol. The number of allylic oxidation sites excluding steroid dienone is 3. The first kappa shape index (κ1) is 23.5. The smallest absolute Gasteiger partial charge is 0.159 e. The van der Waals surface area contributed by atoms with E-state index in [1.165, 1.54) is 12.1 Å². The van der Waals surface area contributed by atoms with Crippen LogP contribution in [0.1, 0.15) is 12.5 Å². The van der Waals surface area contributed by atoms with Crippen LogP contribution < -0.4 is 0 Å². The maximum atomic E-state index is 13.9. The van der Waals surface area contributed by atoms with E-state index < -0.39 is 0 Å². The van der Waals surface area contributed by atoms with Crippen LogP contribution in [0.5, 0.6) is 0 Å². The van der Waals surface area contributed by atoms with E-state index in [2.05, 4.69) is 50.9 Å². The Balaban J connectivity index is 1.59. The number of nitrogens with one attached hydrogen (secondary N) is 2. The zero-order valence-corrected chi connectivity index (χ0v) is 20.6. The number of aromatic amines is 2. The zero-order chi connectivity index (χ0) is 25.2. The van der Waals surface area contributed by atoms with Crippen molar-refractivity contribution < 1.29 is 4.39 Å². The second kappa shape index (κ2) is 9.76. The lowest BCUT2D eigenvalue weighted by atomic mass is 10.00. The largest absolute Gasteiger partial charge is 0.337 e. The van der Waals surface area contributed by atoms with E-state index in [-0.39, 0.29) is 5.82 Å². The van der Waals surface area contributed by atoms with Crippen molar-refractivity contribution >= 4 is 27.5 Å². The number of rotatable bonds is 7. The highest BCUT2D eigenvalue weighted by Crippen LogP contribution is 2.33. The third-order valence-corrected chi connectivity index (χ3v) is 6.18. The van der Waals surface area contributed by atoms with Gasteiger partial charge < -0.3 is 9.88 Å². The molecule has 2 heterocycles. The molecule has 5 rings (SSSR count). The van der Waals surface area contributed by atoms with Gasteiger partial charge in [-0.3, -0.25) is 5.10 Å². The summed E-state index contributed by atoms with van der Waals surface area (Å²) in [4.78, 5) is 10.4. The number of benzene rings is 3. The van der Waals surface area contributed by atoms with Gasteiger partial charge in [-0.15, -0.1) is 0 Å². The monoisotopic (exact) mass is 477 g/mol. The van der Waals surface area contributed by atoms with Gasteiger partial charge in [0.05, 0.1) is 16.6 Å². The highest BCUT2D eigenvalue weighted by Gasteiger charge is 2.16. The zero-order valence-electron chi connectivity index (χ0n) is 20.6. The molecule has 0 saturated carbocycles. The molecule has 0 unspecified atom stereocenters. The molecular formula is C30H28FN5. The third kappa shape index (κ3) is 4.51. The fourth-order valence-corrected chi connectivity index (χ4v) is 4.47. The van der Waals surface area contributed by atoms with Gasteiger partial charge in [0.15, 0.2) is 5.82 Å². The van der Waals surface area contributed by atoms with E-state index in [0.29, 0.717) is 5.82 Å². The normalized spacial score (nSPS) is 12.7. The van der Waals surface area contributed by atoms with E-state index in [0.717, 1.165) is 62.0 Å². The Labute approximate surface area is 209 Å². The van der Waals surface area contributed by atoms with Crippen LogP contribution in [0.15, 0.2) is 91.0 Å². The molecule has 5 aromatic rings. The maximum absolute atomic E-state index is 13.9. The molecule has 36 heavy (non-hydrogen) atoms. The van der Waals surface area contributed by atoms with Gasteiger partial charge in [0.25, 0.3) is 0 Å². The number of hydrogen-bond donors (Lipinski definition) is 2. The molecule has 2 N–H and O–H groups in total. The highest BCUT2D eigenvalue weighted by atomic mass is 19.1. The molecule has 0 bridgehead atoms. The predicted octanol–water partition coefficient (Wildman–Crippen LogP) is 6.99. The fourth-order valence-electron chi connectivity index (χ4n) is 4.47. The molecule has 0 saturated heterocycles. The van der Waals surface area contributed by atoms with Gasteiger partial charge in [0.2, 0.25) is 0 Å². The molecule has 3 aromatic carbocycles. The minimum atomic E-state index is -0.273. The Morgan fingerprint density at radius 2 is 1.89 bits per heavy atom. The molecule has 0 aliphatic carbocycles. The summed E-state index contributed by atoms with van der Waals surface area (Å²) in [5.74, 6) is 0.388. The Bertz CT molecular complexity index is 1630. The van der Waals surface area contributed by atoms with Crippen LogP contribution in [-0.2, 0) is 0 Å². The molecule has 0 aliphatic heterocycles. The van der Waals surface area contributed by atoms with E-state index in [4.69, 9.17) is 4.98 Å². The second-order valence-corrected chi connectivity index (χ2v) is 9.04. The summed E-state index contributed by atoms with van der Waals surface area (Å²) in [6, 6.07) is 18.7. The Kier molecular flexibility index (Phi) is 6.36. The Morgan fingerprint density at radius 3 is 2.64 bits per heavy atom. The van der Waals surface area contributed by atoms with Gasteiger partial charge in [-0.25, -0.2) is 9.37 Å². The first-order valence-corrected chi connectivity index (χ1v) is 11.8. The molecule has 180 valence electrons. The molecule has 0 radical (unpaired) electrons. The van der Waals surface area contributed by atoms with E-state index in [9.17, 15) is 4.39 Å². The van der Waals surface area contributed by atoms with Crippen LogP contribution in [0, 0.1) is 5.82 Å². The summed E-state index contributed by atoms with van der Waals surface area (Å²) >= 11 is 0. The van der Waals surface area contributed by atoms with Crippen LogP contribution in [-0.4, -0.2) is 45.7 Å². The third-order valence-electron chi connectivity index (χ3n) is 6.18. The fraction of sp³-hybridized carbons (Fsp3) is 0.133. The lowest BCUT2D eigenvalue weighted by Crippen LogP contribution is -2.14. The molecule has 6 heteroatoms. The molecular weight excluding hydrogens is 449 g/mol. The van der Waals surface area contributed by atoms with Crippen molar-refractivity contribution in [3.05, 3.63) is 102 Å². The standard InChI is InChI=1S/C30H28FN5/c1-5-19(18-36(3)4)15-20(6-2)21-13-14-26-25(17-21)29(35-34-26)30-32-27-12-8-11-24(28(27)33-30)22-9-7-10-23(31)16-22/h5-17H,1,18H2,2-4H3,(H,32,33)(H,34,35). The number of fused-ring (bicyclic) bond motifs is 2. The summed E-state index contributed by atoms with van der Waals surface area (Å²) in [7, 11) is 4.09. The minimum Gasteiger partial charge on any atom is -0.337 e. The van der Waals surface area contributed by atoms with Crippen molar-refractivity contribution in [2.45, 2.75) is 6.92 Å². The molecule has 0 fully saturated rings. The van der Waals surface area contributed by atoms with Crippen molar-refractivity contribution in [1.82, 2.24) is 25.1 Å². The number of imidazole rings is 1. The van der Waals surface area contributed by atoms with Crippen molar-refractivity contribution in [3.63, 3.8) is 0 Å². The van der Waals surface area contributed by atoms with E-state index >= 15 is 0 Å². The highest BCUT2D eigenvalue weighted by molar-refractivity contribution is 5.98. The van der Waals surface area contributed by atoms with Gasteiger partial charge >= 0.3 is 0 Å². The summed E-state index contributed by atoms with van der Waals surface area (Å²) in [6.07, 6.45) is 6.17. The maximum Gasteiger partial charge on any atom is 0.159 e. The van der Waals surface area contributed by atoms with Gasteiger partial charge in [0, 0.05) is 17.5 Å². The lowest BCUT2D eigenvalue weighted by Gasteiger charge is -2.11. The SMILES string of the molecule is C=CC(=CC(=CC)c1ccc2[nH]nc(-c3nc4c(-c5cccc(F)c5)cccc4[nH]3)c2c1)CN(C)C. The quantitative estimate of drug-likeness (QED) is 0.248. The van der Waals surface area contributed by atoms with Crippen LogP contribution in [0.3, 0.4) is 0 Å². The van der Waals surface area contributed by atoms with Crippen molar-refractivity contribution in [3.8, 4) is 22.6 Å². The Morgan fingerprint density at radius 1 is 1.06 bits per heavy atom. The van der Waals surface area contributed by atoms with Gasteiger partial charge in [-0.1, -0.05) is 55.1 Å².